The van der Waals surface area contributed by atoms with E-state index in [0.717, 1.165) is 17.8 Å². The maximum Gasteiger partial charge on any atom is 0.0364 e. The molecule has 0 saturated heterocycles. The molecule has 0 aromatic carbocycles. The van der Waals surface area contributed by atoms with Crippen molar-refractivity contribution in [3.8, 4) is 0 Å². The van der Waals surface area contributed by atoms with Gasteiger partial charge in [0.05, 0.1) is 0 Å². The van der Waals surface area contributed by atoms with Crippen LogP contribution < -0.4 is 0 Å². The fraction of sp³-hybridized carbons (Fsp3) is 1.00. The van der Waals surface area contributed by atoms with E-state index in [4.69, 9.17) is 11.6 Å². The van der Waals surface area contributed by atoms with Crippen molar-refractivity contribution in [1.82, 2.24) is 0 Å². The molecule has 1 atom stereocenters. The first-order valence-electron chi connectivity index (χ1n) is 5.29. The first kappa shape index (κ1) is 10.4. The molecule has 1 rings (SSSR count). The molecular formula is C11H21Cl. The summed E-state index contributed by atoms with van der Waals surface area (Å²) < 4.78 is 0. The first-order valence-corrected chi connectivity index (χ1v) is 5.72. The molecule has 12 heavy (non-hydrogen) atoms. The second-order valence-electron chi connectivity index (χ2n) is 4.54. The summed E-state index contributed by atoms with van der Waals surface area (Å²) in [6, 6.07) is 0. The Morgan fingerprint density at radius 1 is 1.25 bits per heavy atom. The van der Waals surface area contributed by atoms with Crippen LogP contribution in [0.4, 0.5) is 0 Å². The summed E-state index contributed by atoms with van der Waals surface area (Å²) in [6.07, 6.45) is 5.20. The van der Waals surface area contributed by atoms with Gasteiger partial charge in [-0.25, -0.2) is 0 Å². The van der Waals surface area contributed by atoms with Crippen molar-refractivity contribution in [2.75, 3.05) is 0 Å². The molecule has 0 aliphatic heterocycles. The molecule has 1 fully saturated rings. The van der Waals surface area contributed by atoms with Crippen molar-refractivity contribution in [3.05, 3.63) is 0 Å². The monoisotopic (exact) mass is 188 g/mol. The van der Waals surface area contributed by atoms with Gasteiger partial charge in [0.1, 0.15) is 0 Å². The van der Waals surface area contributed by atoms with E-state index in [2.05, 4.69) is 20.8 Å². The zero-order valence-electron chi connectivity index (χ0n) is 8.52. The summed E-state index contributed by atoms with van der Waals surface area (Å²) in [6.45, 7) is 6.86. The van der Waals surface area contributed by atoms with Gasteiger partial charge in [-0.1, -0.05) is 27.2 Å². The first-order chi connectivity index (χ1) is 5.65. The molecule has 1 saturated carbocycles. The van der Waals surface area contributed by atoms with E-state index in [0.29, 0.717) is 5.38 Å². The fourth-order valence-electron chi connectivity index (χ4n) is 2.06. The van der Waals surface area contributed by atoms with Gasteiger partial charge in [-0.15, -0.1) is 11.6 Å². The van der Waals surface area contributed by atoms with Gasteiger partial charge in [-0.05, 0) is 37.0 Å². The molecule has 0 nitrogen and oxygen atoms in total. The largest absolute Gasteiger partial charge is 0.123 e. The Kier molecular flexibility index (Phi) is 3.89. The lowest BCUT2D eigenvalue weighted by molar-refractivity contribution is 0.134. The quantitative estimate of drug-likeness (QED) is 0.584. The number of rotatable bonds is 4. The van der Waals surface area contributed by atoms with Gasteiger partial charge in [0.15, 0.2) is 0 Å². The van der Waals surface area contributed by atoms with Gasteiger partial charge in [-0.2, -0.15) is 0 Å². The van der Waals surface area contributed by atoms with Gasteiger partial charge in [-0.3, -0.25) is 0 Å². The summed E-state index contributed by atoms with van der Waals surface area (Å²) in [5.41, 5.74) is 0. The number of hydrogen-bond acceptors (Lipinski definition) is 0. The standard InChI is InChI=1S/C11H21Cl/c1-4-5-11(12)10-6-9(7-10)8(2)3/h8-11H,4-7H2,1-3H3. The lowest BCUT2D eigenvalue weighted by atomic mass is 9.68. The molecule has 1 heteroatoms. The number of hydrogen-bond donors (Lipinski definition) is 0. The van der Waals surface area contributed by atoms with Crippen LogP contribution in [0.1, 0.15) is 46.5 Å². The van der Waals surface area contributed by atoms with Gasteiger partial charge >= 0.3 is 0 Å². The van der Waals surface area contributed by atoms with Crippen LogP contribution in [-0.4, -0.2) is 5.38 Å². The van der Waals surface area contributed by atoms with E-state index in [1.165, 1.54) is 25.7 Å². The lowest BCUT2D eigenvalue weighted by Crippen LogP contribution is -2.33. The Hall–Kier alpha value is 0.290. The van der Waals surface area contributed by atoms with E-state index in [1.807, 2.05) is 0 Å². The van der Waals surface area contributed by atoms with E-state index in [9.17, 15) is 0 Å². The number of alkyl halides is 1. The highest BCUT2D eigenvalue weighted by molar-refractivity contribution is 6.20. The third-order valence-corrected chi connectivity index (χ3v) is 3.80. The molecule has 0 aromatic heterocycles. The summed E-state index contributed by atoms with van der Waals surface area (Å²) in [5.74, 6) is 2.67. The van der Waals surface area contributed by atoms with Gasteiger partial charge < -0.3 is 0 Å². The lowest BCUT2D eigenvalue weighted by Gasteiger charge is -2.40. The van der Waals surface area contributed by atoms with Gasteiger partial charge in [0.25, 0.3) is 0 Å². The Morgan fingerprint density at radius 3 is 2.25 bits per heavy atom. The van der Waals surface area contributed by atoms with Crippen LogP contribution in [0, 0.1) is 17.8 Å². The summed E-state index contributed by atoms with van der Waals surface area (Å²) in [4.78, 5) is 0. The van der Waals surface area contributed by atoms with Crippen molar-refractivity contribution in [1.29, 1.82) is 0 Å². The molecule has 0 spiro atoms. The Bertz CT molecular complexity index is 125. The topological polar surface area (TPSA) is 0 Å². The molecule has 0 amide bonds. The van der Waals surface area contributed by atoms with Crippen molar-refractivity contribution < 1.29 is 0 Å². The average Bonchev–Trinajstić information content (AvgIpc) is 1.82. The van der Waals surface area contributed by atoms with Crippen LogP contribution in [-0.2, 0) is 0 Å². The fourth-order valence-corrected chi connectivity index (χ4v) is 2.48. The molecule has 0 bridgehead atoms. The molecule has 1 unspecified atom stereocenters. The Labute approximate surface area is 81.7 Å². The molecule has 0 radical (unpaired) electrons. The highest BCUT2D eigenvalue weighted by atomic mass is 35.5. The van der Waals surface area contributed by atoms with E-state index < -0.39 is 0 Å². The minimum Gasteiger partial charge on any atom is -0.123 e. The number of halogens is 1. The summed E-state index contributed by atoms with van der Waals surface area (Å²) >= 11 is 6.25. The zero-order valence-corrected chi connectivity index (χ0v) is 9.27. The second kappa shape index (κ2) is 4.50. The molecule has 72 valence electrons. The van der Waals surface area contributed by atoms with Crippen LogP contribution in [0.25, 0.3) is 0 Å². The highest BCUT2D eigenvalue weighted by Crippen LogP contribution is 2.43. The molecular weight excluding hydrogens is 168 g/mol. The van der Waals surface area contributed by atoms with Crippen molar-refractivity contribution in [3.63, 3.8) is 0 Å². The van der Waals surface area contributed by atoms with E-state index in [-0.39, 0.29) is 0 Å². The molecule has 0 heterocycles. The van der Waals surface area contributed by atoms with Crippen LogP contribution in [0.2, 0.25) is 0 Å². The Balaban J connectivity index is 2.16. The maximum absolute atomic E-state index is 6.25. The van der Waals surface area contributed by atoms with Crippen molar-refractivity contribution >= 4 is 11.6 Å². The predicted molar refractivity (Wildman–Crippen MR) is 55.6 cm³/mol. The minimum atomic E-state index is 0.463. The highest BCUT2D eigenvalue weighted by Gasteiger charge is 2.34. The van der Waals surface area contributed by atoms with Crippen molar-refractivity contribution in [2.24, 2.45) is 17.8 Å². The van der Waals surface area contributed by atoms with E-state index in [1.54, 1.807) is 0 Å². The molecule has 1 aliphatic carbocycles. The predicted octanol–water partition coefficient (Wildman–Crippen LogP) is 4.08. The molecule has 1 aliphatic rings. The van der Waals surface area contributed by atoms with Crippen LogP contribution in [0.5, 0.6) is 0 Å². The average molecular weight is 189 g/mol. The summed E-state index contributed by atoms with van der Waals surface area (Å²) in [7, 11) is 0. The zero-order chi connectivity index (χ0) is 9.14. The Morgan fingerprint density at radius 2 is 1.83 bits per heavy atom. The molecule has 0 aromatic rings. The van der Waals surface area contributed by atoms with E-state index >= 15 is 0 Å². The van der Waals surface area contributed by atoms with Crippen LogP contribution >= 0.6 is 11.6 Å². The molecule has 0 N–H and O–H groups in total. The van der Waals surface area contributed by atoms with Gasteiger partial charge in [0, 0.05) is 5.38 Å². The van der Waals surface area contributed by atoms with Crippen LogP contribution in [0.15, 0.2) is 0 Å². The van der Waals surface area contributed by atoms with Crippen LogP contribution in [0.3, 0.4) is 0 Å². The minimum absolute atomic E-state index is 0.463. The maximum atomic E-state index is 6.25. The van der Waals surface area contributed by atoms with Gasteiger partial charge in [0.2, 0.25) is 0 Å². The third kappa shape index (κ3) is 2.39. The normalized spacial score (nSPS) is 31.8. The second-order valence-corrected chi connectivity index (χ2v) is 5.10. The SMILES string of the molecule is CCCC(Cl)C1CC(C(C)C)C1. The third-order valence-electron chi connectivity index (χ3n) is 3.23. The summed E-state index contributed by atoms with van der Waals surface area (Å²) in [5, 5.41) is 0.463. The smallest absolute Gasteiger partial charge is 0.0364 e. The van der Waals surface area contributed by atoms with Crippen molar-refractivity contribution in [2.45, 2.75) is 51.8 Å².